The number of benzene rings is 1. The van der Waals surface area contributed by atoms with Gasteiger partial charge in [-0.25, -0.2) is 4.39 Å². The molecule has 6 nitrogen and oxygen atoms in total. The van der Waals surface area contributed by atoms with Gasteiger partial charge in [-0.2, -0.15) is 0 Å². The fraction of sp³-hybridized carbons (Fsp3) is 0.579. The molecule has 1 fully saturated rings. The Morgan fingerprint density at radius 3 is 2.59 bits per heavy atom. The van der Waals surface area contributed by atoms with Gasteiger partial charge < -0.3 is 21.3 Å². The zero-order chi connectivity index (χ0) is 18.8. The van der Waals surface area contributed by atoms with E-state index in [2.05, 4.69) is 20.5 Å². The highest BCUT2D eigenvalue weighted by atomic mass is 127. The van der Waals surface area contributed by atoms with Gasteiger partial charge in [0.1, 0.15) is 5.82 Å². The van der Waals surface area contributed by atoms with Crippen LogP contribution in [0, 0.1) is 11.7 Å². The van der Waals surface area contributed by atoms with Crippen molar-refractivity contribution in [1.29, 1.82) is 0 Å². The van der Waals surface area contributed by atoms with Crippen molar-refractivity contribution in [3.8, 4) is 0 Å². The van der Waals surface area contributed by atoms with E-state index in [0.29, 0.717) is 18.1 Å². The predicted octanol–water partition coefficient (Wildman–Crippen LogP) is 2.09. The van der Waals surface area contributed by atoms with Gasteiger partial charge in [-0.3, -0.25) is 9.79 Å². The van der Waals surface area contributed by atoms with E-state index >= 15 is 0 Å². The molecule has 0 atom stereocenters. The fourth-order valence-electron chi connectivity index (χ4n) is 3.15. The fourth-order valence-corrected chi connectivity index (χ4v) is 3.15. The Hall–Kier alpha value is -1.42. The van der Waals surface area contributed by atoms with Crippen molar-refractivity contribution in [1.82, 2.24) is 15.5 Å². The third kappa shape index (κ3) is 8.42. The number of halogens is 2. The third-order valence-electron chi connectivity index (χ3n) is 4.81. The highest BCUT2D eigenvalue weighted by Crippen LogP contribution is 2.16. The molecule has 1 aliphatic heterocycles. The lowest BCUT2D eigenvalue weighted by molar-refractivity contribution is -0.123. The van der Waals surface area contributed by atoms with Crippen LogP contribution in [0.2, 0.25) is 0 Å². The second-order valence-electron chi connectivity index (χ2n) is 6.67. The van der Waals surface area contributed by atoms with Crippen molar-refractivity contribution in [3.63, 3.8) is 0 Å². The number of likely N-dealkylation sites (tertiary alicyclic amines) is 1. The predicted molar refractivity (Wildman–Crippen MR) is 118 cm³/mol. The molecule has 0 spiro atoms. The quantitative estimate of drug-likeness (QED) is 0.225. The molecule has 0 aliphatic carbocycles. The molecule has 1 amide bonds. The first-order valence-corrected chi connectivity index (χ1v) is 9.29. The number of primary amides is 1. The molecule has 1 aromatic rings. The molecule has 27 heavy (non-hydrogen) atoms. The minimum atomic E-state index is -0.212. The van der Waals surface area contributed by atoms with Crippen molar-refractivity contribution in [2.24, 2.45) is 16.6 Å². The van der Waals surface area contributed by atoms with Gasteiger partial charge in [0.25, 0.3) is 0 Å². The maximum absolute atomic E-state index is 13.6. The normalized spacial score (nSPS) is 15.9. The zero-order valence-electron chi connectivity index (χ0n) is 15.9. The summed E-state index contributed by atoms with van der Waals surface area (Å²) >= 11 is 0. The number of nitrogens with two attached hydrogens (primary N) is 1. The molecular formula is C19H31FIN5O. The number of rotatable bonds is 8. The summed E-state index contributed by atoms with van der Waals surface area (Å²) in [4.78, 5) is 17.7. The number of hydrogen-bond acceptors (Lipinski definition) is 3. The molecule has 4 N–H and O–H groups in total. The summed E-state index contributed by atoms with van der Waals surface area (Å²) in [5, 5.41) is 6.38. The molecule has 1 saturated heterocycles. The topological polar surface area (TPSA) is 82.8 Å². The largest absolute Gasteiger partial charge is 0.369 e. The van der Waals surface area contributed by atoms with Crippen LogP contribution in [0.5, 0.6) is 0 Å². The van der Waals surface area contributed by atoms with Crippen LogP contribution in [0.1, 0.15) is 31.2 Å². The summed E-state index contributed by atoms with van der Waals surface area (Å²) in [6.45, 7) is 4.16. The van der Waals surface area contributed by atoms with Crippen LogP contribution in [0.4, 0.5) is 4.39 Å². The first kappa shape index (κ1) is 23.6. The van der Waals surface area contributed by atoms with E-state index in [4.69, 9.17) is 5.73 Å². The average Bonchev–Trinajstić information content (AvgIpc) is 2.65. The number of nitrogens with zero attached hydrogens (tertiary/aromatic N) is 2. The van der Waals surface area contributed by atoms with Crippen LogP contribution in [-0.2, 0) is 11.3 Å². The molecule has 152 valence electrons. The Morgan fingerprint density at radius 1 is 1.26 bits per heavy atom. The van der Waals surface area contributed by atoms with Gasteiger partial charge in [-0.05, 0) is 51.4 Å². The Labute approximate surface area is 178 Å². The van der Waals surface area contributed by atoms with Crippen LogP contribution in [0.25, 0.3) is 0 Å². The molecule has 0 saturated carbocycles. The van der Waals surface area contributed by atoms with E-state index < -0.39 is 0 Å². The van der Waals surface area contributed by atoms with Gasteiger partial charge in [0.05, 0.1) is 0 Å². The van der Waals surface area contributed by atoms with E-state index in [1.807, 2.05) is 6.07 Å². The van der Waals surface area contributed by atoms with Crippen LogP contribution in [0.15, 0.2) is 29.3 Å². The Balaban J connectivity index is 0.00000364. The van der Waals surface area contributed by atoms with Crippen LogP contribution in [0.3, 0.4) is 0 Å². The number of amides is 1. The Morgan fingerprint density at radius 2 is 1.96 bits per heavy atom. The molecule has 1 heterocycles. The third-order valence-corrected chi connectivity index (χ3v) is 4.81. The maximum atomic E-state index is 13.6. The van der Waals surface area contributed by atoms with Crippen LogP contribution in [-0.4, -0.2) is 50.0 Å². The van der Waals surface area contributed by atoms with Crippen molar-refractivity contribution >= 4 is 35.8 Å². The second kappa shape index (κ2) is 12.9. The molecule has 1 aliphatic rings. The highest BCUT2D eigenvalue weighted by molar-refractivity contribution is 14.0. The van der Waals surface area contributed by atoms with Gasteiger partial charge in [0, 0.05) is 31.6 Å². The van der Waals surface area contributed by atoms with E-state index in [1.165, 1.54) is 6.07 Å². The lowest BCUT2D eigenvalue weighted by atomic mass is 9.96. The Kier molecular flexibility index (Phi) is 11.3. The summed E-state index contributed by atoms with van der Waals surface area (Å²) in [6.07, 6.45) is 3.86. The lowest BCUT2D eigenvalue weighted by Crippen LogP contribution is -2.39. The summed E-state index contributed by atoms with van der Waals surface area (Å²) in [6, 6.07) is 6.72. The average molecular weight is 491 g/mol. The number of guanidine groups is 1. The minimum Gasteiger partial charge on any atom is -0.369 e. The Bertz CT molecular complexity index is 606. The number of carbonyl (C=O) groups is 1. The number of nitrogens with one attached hydrogen (secondary N) is 2. The monoisotopic (exact) mass is 491 g/mol. The highest BCUT2D eigenvalue weighted by Gasteiger charge is 2.22. The number of unbranched alkanes of at least 4 members (excludes halogenated alkanes) is 1. The zero-order valence-corrected chi connectivity index (χ0v) is 18.2. The van der Waals surface area contributed by atoms with E-state index in [1.54, 1.807) is 19.2 Å². The molecule has 8 heteroatoms. The van der Waals surface area contributed by atoms with E-state index in [-0.39, 0.29) is 41.6 Å². The standard InChI is InChI=1S/C19H30FN5O.HI/c1-22-19(24-14-16-6-2-3-7-17(16)20)23-10-4-5-11-25-12-8-15(9-13-25)18(21)26;/h2-3,6-7,15H,4-5,8-14H2,1H3,(H2,21,26)(H2,22,23,24);1H. The molecule has 0 radical (unpaired) electrons. The smallest absolute Gasteiger partial charge is 0.220 e. The van der Waals surface area contributed by atoms with Gasteiger partial charge in [0.2, 0.25) is 5.91 Å². The number of hydrogen-bond donors (Lipinski definition) is 3. The molecule has 1 aromatic carbocycles. The second-order valence-corrected chi connectivity index (χ2v) is 6.67. The molecule has 0 bridgehead atoms. The number of carbonyl (C=O) groups excluding carboxylic acids is 1. The van der Waals surface area contributed by atoms with E-state index in [9.17, 15) is 9.18 Å². The van der Waals surface area contributed by atoms with Gasteiger partial charge in [-0.1, -0.05) is 18.2 Å². The molecule has 2 rings (SSSR count). The summed E-state index contributed by atoms with van der Waals surface area (Å²) in [5.74, 6) is 0.353. The van der Waals surface area contributed by atoms with Gasteiger partial charge in [0.15, 0.2) is 5.96 Å². The number of aliphatic imine (C=N–C) groups is 1. The van der Waals surface area contributed by atoms with Crippen LogP contribution < -0.4 is 16.4 Å². The molecular weight excluding hydrogens is 460 g/mol. The van der Waals surface area contributed by atoms with Gasteiger partial charge >= 0.3 is 0 Å². The molecule has 0 unspecified atom stereocenters. The minimum absolute atomic E-state index is 0. The summed E-state index contributed by atoms with van der Waals surface area (Å²) in [5.41, 5.74) is 5.98. The number of piperidine rings is 1. The maximum Gasteiger partial charge on any atom is 0.220 e. The van der Waals surface area contributed by atoms with Crippen molar-refractivity contribution < 1.29 is 9.18 Å². The molecule has 0 aromatic heterocycles. The van der Waals surface area contributed by atoms with Crippen LogP contribution >= 0.6 is 24.0 Å². The van der Waals surface area contributed by atoms with Gasteiger partial charge in [-0.15, -0.1) is 24.0 Å². The van der Waals surface area contributed by atoms with Crippen molar-refractivity contribution in [2.45, 2.75) is 32.2 Å². The summed E-state index contributed by atoms with van der Waals surface area (Å²) < 4.78 is 13.6. The van der Waals surface area contributed by atoms with Crippen molar-refractivity contribution in [3.05, 3.63) is 35.6 Å². The SMILES string of the molecule is CN=C(NCCCCN1CCC(C(N)=O)CC1)NCc1ccccc1F.I. The lowest BCUT2D eigenvalue weighted by Gasteiger charge is -2.30. The first-order chi connectivity index (χ1) is 12.6. The summed E-state index contributed by atoms with van der Waals surface area (Å²) in [7, 11) is 1.71. The van der Waals surface area contributed by atoms with E-state index in [0.717, 1.165) is 51.9 Å². The first-order valence-electron chi connectivity index (χ1n) is 9.29. The van der Waals surface area contributed by atoms with Crippen molar-refractivity contribution in [2.75, 3.05) is 33.2 Å².